The molecule has 2 aromatic carbocycles. The first kappa shape index (κ1) is 37.2. The highest BCUT2D eigenvalue weighted by atomic mass is 32.2. The molecule has 276 valence electrons. The lowest BCUT2D eigenvalue weighted by Crippen LogP contribution is -2.46. The number of aryl methyl sites for hydroxylation is 2. The van der Waals surface area contributed by atoms with Crippen LogP contribution in [0.25, 0.3) is 0 Å². The monoisotopic (exact) mass is 720 g/mol. The minimum absolute atomic E-state index is 0.0294. The normalized spacial score (nSPS) is 17.7. The van der Waals surface area contributed by atoms with Gasteiger partial charge < -0.3 is 28.7 Å². The van der Waals surface area contributed by atoms with Crippen molar-refractivity contribution in [2.24, 2.45) is 0 Å². The molecule has 51 heavy (non-hydrogen) atoms. The summed E-state index contributed by atoms with van der Waals surface area (Å²) < 4.78 is 52.3. The van der Waals surface area contributed by atoms with Gasteiger partial charge >= 0.3 is 0 Å². The molecule has 0 unspecified atom stereocenters. The summed E-state index contributed by atoms with van der Waals surface area (Å²) >= 11 is 0. The Balaban J connectivity index is 1.08. The average molecular weight is 721 g/mol. The summed E-state index contributed by atoms with van der Waals surface area (Å²) in [6.07, 6.45) is 10.4. The van der Waals surface area contributed by atoms with Crippen LogP contribution in [0.2, 0.25) is 0 Å². The van der Waals surface area contributed by atoms with E-state index in [2.05, 4.69) is 22.0 Å². The number of likely N-dealkylation sites (tertiary alicyclic amines) is 2. The molecule has 12 heteroatoms. The van der Waals surface area contributed by atoms with Crippen LogP contribution < -0.4 is 9.47 Å². The molecule has 3 aromatic rings. The van der Waals surface area contributed by atoms with Gasteiger partial charge in [0, 0.05) is 44.1 Å². The Morgan fingerprint density at radius 1 is 1.00 bits per heavy atom. The highest BCUT2D eigenvalue weighted by Gasteiger charge is 2.37. The van der Waals surface area contributed by atoms with E-state index in [1.54, 1.807) is 33.1 Å². The third-order valence-electron chi connectivity index (χ3n) is 10.7. The summed E-state index contributed by atoms with van der Waals surface area (Å²) in [4.78, 5) is 22.4. The summed E-state index contributed by atoms with van der Waals surface area (Å²) in [5.41, 5.74) is 4.24. The van der Waals surface area contributed by atoms with Gasteiger partial charge in [-0.3, -0.25) is 9.78 Å². The van der Waals surface area contributed by atoms with E-state index in [4.69, 9.17) is 18.9 Å². The first-order valence-electron chi connectivity index (χ1n) is 18.1. The second kappa shape index (κ2) is 16.9. The molecule has 11 nitrogen and oxygen atoms in total. The number of benzene rings is 2. The number of rotatable bonds is 15. The number of fused-ring (bicyclic) bond motifs is 1. The largest absolute Gasteiger partial charge is 0.497 e. The molecule has 0 spiro atoms. The lowest BCUT2D eigenvalue weighted by Gasteiger charge is -2.42. The summed E-state index contributed by atoms with van der Waals surface area (Å²) in [5.74, 6) is 1.22. The predicted octanol–water partition coefficient (Wildman–Crippen LogP) is 5.22. The van der Waals surface area contributed by atoms with Crippen LogP contribution in [0.4, 0.5) is 0 Å². The van der Waals surface area contributed by atoms with Crippen molar-refractivity contribution in [3.63, 3.8) is 0 Å². The molecule has 1 aromatic heterocycles. The van der Waals surface area contributed by atoms with Crippen molar-refractivity contribution >= 4 is 15.9 Å². The van der Waals surface area contributed by atoms with Gasteiger partial charge in [0.25, 0.3) is 0 Å². The molecular formula is C39H52N4O7S. The molecule has 0 aliphatic carbocycles. The second-order valence-corrected chi connectivity index (χ2v) is 16.0. The smallest absolute Gasteiger partial charge is 0.248 e. The van der Waals surface area contributed by atoms with Gasteiger partial charge in [0.1, 0.15) is 18.1 Å². The minimum Gasteiger partial charge on any atom is -0.497 e. The van der Waals surface area contributed by atoms with Crippen LogP contribution in [-0.2, 0) is 42.9 Å². The molecule has 0 radical (unpaired) electrons. The van der Waals surface area contributed by atoms with Gasteiger partial charge in [-0.05, 0) is 130 Å². The first-order valence-corrected chi connectivity index (χ1v) is 19.6. The number of carbonyl (C=O) groups excluding carboxylic acids is 1. The van der Waals surface area contributed by atoms with Crippen LogP contribution in [0, 0.1) is 13.8 Å². The molecule has 0 atom stereocenters. The quantitative estimate of drug-likeness (QED) is 0.195. The summed E-state index contributed by atoms with van der Waals surface area (Å²) in [6.45, 7) is 9.17. The van der Waals surface area contributed by atoms with Gasteiger partial charge in [-0.15, -0.1) is 0 Å². The summed E-state index contributed by atoms with van der Waals surface area (Å²) in [7, 11) is -2.39. The number of aromatic nitrogens is 1. The zero-order valence-electron chi connectivity index (χ0n) is 30.3. The Kier molecular flexibility index (Phi) is 12.3. The Bertz CT molecular complexity index is 1720. The van der Waals surface area contributed by atoms with E-state index in [1.165, 1.54) is 35.8 Å². The maximum absolute atomic E-state index is 14.3. The van der Waals surface area contributed by atoms with Crippen molar-refractivity contribution in [1.82, 2.24) is 19.1 Å². The van der Waals surface area contributed by atoms with Crippen LogP contribution in [0.3, 0.4) is 0 Å². The van der Waals surface area contributed by atoms with E-state index < -0.39 is 10.0 Å². The third-order valence-corrected chi connectivity index (χ3v) is 12.9. The standard InChI is InChI=1S/C39H52N4O7S/c1-30-23-35(47-3)24-31(2)38(30)51(45,46)43(26-32-7-8-33-27-49-29-50-36(33)25-32)21-22-48-28-37(44)42-19-12-39(13-20-42,34-9-14-40-15-10-34)11-6-18-41-16-4-5-17-41/h7-10,14-15,23-25H,4-6,11-13,16-22,26-29H2,1-3H3. The van der Waals surface area contributed by atoms with Crippen molar-refractivity contribution in [1.29, 1.82) is 0 Å². The Labute approximate surface area is 302 Å². The van der Waals surface area contributed by atoms with E-state index in [-0.39, 0.29) is 49.3 Å². The van der Waals surface area contributed by atoms with E-state index in [1.807, 2.05) is 35.5 Å². The van der Waals surface area contributed by atoms with Crippen molar-refractivity contribution < 1.29 is 32.2 Å². The molecule has 1 amide bonds. The highest BCUT2D eigenvalue weighted by molar-refractivity contribution is 7.89. The van der Waals surface area contributed by atoms with Crippen LogP contribution in [-0.4, -0.2) is 99.8 Å². The first-order chi connectivity index (χ1) is 24.7. The fourth-order valence-corrected chi connectivity index (χ4v) is 9.72. The molecule has 6 rings (SSSR count). The highest BCUT2D eigenvalue weighted by Crippen LogP contribution is 2.40. The van der Waals surface area contributed by atoms with Crippen LogP contribution in [0.15, 0.2) is 59.8 Å². The molecule has 3 aliphatic rings. The topological polar surface area (TPSA) is 111 Å². The number of carbonyl (C=O) groups is 1. The van der Waals surface area contributed by atoms with Crippen LogP contribution in [0.1, 0.15) is 66.3 Å². The molecule has 3 aliphatic heterocycles. The van der Waals surface area contributed by atoms with Crippen LogP contribution >= 0.6 is 0 Å². The van der Waals surface area contributed by atoms with Gasteiger partial charge in [0.2, 0.25) is 15.9 Å². The van der Waals surface area contributed by atoms with Gasteiger partial charge in [-0.25, -0.2) is 8.42 Å². The lowest BCUT2D eigenvalue weighted by molar-refractivity contribution is -0.137. The molecule has 0 bridgehead atoms. The van der Waals surface area contributed by atoms with Crippen molar-refractivity contribution in [2.45, 2.75) is 75.8 Å². The minimum atomic E-state index is -3.95. The van der Waals surface area contributed by atoms with Crippen molar-refractivity contribution in [3.8, 4) is 11.5 Å². The van der Waals surface area contributed by atoms with Gasteiger partial charge in [-0.1, -0.05) is 12.1 Å². The van der Waals surface area contributed by atoms with Gasteiger partial charge in [0.15, 0.2) is 6.79 Å². The van der Waals surface area contributed by atoms with E-state index in [0.717, 1.165) is 43.4 Å². The number of hydrogen-bond donors (Lipinski definition) is 0. The van der Waals surface area contributed by atoms with Gasteiger partial charge in [0.05, 0.1) is 25.2 Å². The maximum atomic E-state index is 14.3. The summed E-state index contributed by atoms with van der Waals surface area (Å²) in [6, 6.07) is 13.4. The third kappa shape index (κ3) is 8.92. The van der Waals surface area contributed by atoms with Crippen LogP contribution in [0.5, 0.6) is 11.5 Å². The molecular weight excluding hydrogens is 669 g/mol. The Morgan fingerprint density at radius 3 is 2.43 bits per heavy atom. The van der Waals surface area contributed by atoms with Gasteiger partial charge in [-0.2, -0.15) is 4.31 Å². The molecule has 2 saturated heterocycles. The van der Waals surface area contributed by atoms with Crippen molar-refractivity contribution in [2.75, 3.05) is 66.4 Å². The molecule has 0 saturated carbocycles. The van der Waals surface area contributed by atoms with E-state index in [0.29, 0.717) is 42.3 Å². The van der Waals surface area contributed by atoms with Crippen molar-refractivity contribution in [3.05, 3.63) is 82.7 Å². The lowest BCUT2D eigenvalue weighted by atomic mass is 9.70. The molecule has 2 fully saturated rings. The number of sulfonamides is 1. The average Bonchev–Trinajstić information content (AvgIpc) is 3.66. The summed E-state index contributed by atoms with van der Waals surface area (Å²) in [5, 5.41) is 0. The fourth-order valence-electron chi connectivity index (χ4n) is 7.90. The zero-order valence-corrected chi connectivity index (χ0v) is 31.1. The Hall–Kier alpha value is -3.55. The van der Waals surface area contributed by atoms with E-state index in [9.17, 15) is 13.2 Å². The number of amides is 1. The number of pyridine rings is 1. The number of nitrogens with zero attached hydrogens (tertiary/aromatic N) is 4. The number of ether oxygens (including phenoxy) is 4. The Morgan fingerprint density at radius 2 is 1.73 bits per heavy atom. The predicted molar refractivity (Wildman–Crippen MR) is 194 cm³/mol. The maximum Gasteiger partial charge on any atom is 0.248 e. The number of hydrogen-bond acceptors (Lipinski definition) is 9. The zero-order chi connectivity index (χ0) is 35.8. The van der Waals surface area contributed by atoms with E-state index >= 15 is 0 Å². The molecule has 0 N–H and O–H groups in total. The molecule has 4 heterocycles. The SMILES string of the molecule is COc1cc(C)c(S(=O)(=O)N(CCOCC(=O)N2CCC(CCCN3CCCC3)(c3ccncc3)CC2)Cc2ccc3c(c2)OCOC3)c(C)c1. The fraction of sp³-hybridized carbons (Fsp3) is 0.538. The number of piperidine rings is 1. The number of methoxy groups -OCH3 is 1. The second-order valence-electron chi connectivity index (χ2n) is 14.1.